The first-order valence-electron chi connectivity index (χ1n) is 7.18. The minimum atomic E-state index is 0.107. The van der Waals surface area contributed by atoms with Crippen LogP contribution in [0.5, 0.6) is 0 Å². The first-order chi connectivity index (χ1) is 9.20. The molecule has 0 aromatic heterocycles. The third-order valence-corrected chi connectivity index (χ3v) is 4.90. The van der Waals surface area contributed by atoms with E-state index in [2.05, 4.69) is 13.2 Å². The number of hydrogen-bond acceptors (Lipinski definition) is 2. The topological polar surface area (TPSA) is 21.5 Å². The molecule has 1 N–H and O–H groups in total. The van der Waals surface area contributed by atoms with Crippen LogP contribution in [-0.2, 0) is 0 Å². The number of carbonyl (C=O) groups is 1. The molecule has 1 atom stereocenters. The van der Waals surface area contributed by atoms with Crippen LogP contribution in [0.3, 0.4) is 0 Å². The number of thioether (sulfide) groups is 1. The van der Waals surface area contributed by atoms with E-state index >= 15 is 0 Å². The van der Waals surface area contributed by atoms with Crippen LogP contribution < -0.4 is 4.90 Å². The van der Waals surface area contributed by atoms with Crippen LogP contribution in [0.25, 0.3) is 0 Å². The number of likely N-dealkylation sites (tertiary alicyclic amines) is 1. The van der Waals surface area contributed by atoms with Gasteiger partial charge in [-0.25, -0.2) is 0 Å². The molecule has 0 bridgehead atoms. The number of Topliss-reactive ketones (excluding diaryl/α,β-unsaturated/α-hetero) is 1. The molecule has 1 heterocycles. The van der Waals surface area contributed by atoms with E-state index in [-0.39, 0.29) is 5.25 Å². The number of nitrogens with one attached hydrogen (secondary N) is 1. The Hall–Kier alpha value is -0.800. The zero-order valence-electron chi connectivity index (χ0n) is 11.9. The Balaban J connectivity index is 1.99. The normalized spacial score (nSPS) is 18.2. The summed E-state index contributed by atoms with van der Waals surface area (Å²) >= 11 is 1.70. The molecule has 1 saturated heterocycles. The Morgan fingerprint density at radius 1 is 1.21 bits per heavy atom. The van der Waals surface area contributed by atoms with Crippen LogP contribution in [0, 0.1) is 6.92 Å². The summed E-state index contributed by atoms with van der Waals surface area (Å²) in [7, 11) is 0. The van der Waals surface area contributed by atoms with Crippen molar-refractivity contribution in [2.24, 2.45) is 0 Å². The lowest BCUT2D eigenvalue weighted by atomic mass is 10.0. The number of benzene rings is 1. The van der Waals surface area contributed by atoms with E-state index in [1.54, 1.807) is 16.7 Å². The first kappa shape index (κ1) is 14.6. The van der Waals surface area contributed by atoms with Crippen molar-refractivity contribution < 1.29 is 9.69 Å². The van der Waals surface area contributed by atoms with Crippen molar-refractivity contribution in [2.45, 2.75) is 31.4 Å². The number of ketones is 1. The van der Waals surface area contributed by atoms with Gasteiger partial charge in [-0.3, -0.25) is 4.79 Å². The summed E-state index contributed by atoms with van der Waals surface area (Å²) in [5.74, 6) is 0.297. The van der Waals surface area contributed by atoms with Gasteiger partial charge in [0.1, 0.15) is 5.25 Å². The highest BCUT2D eigenvalue weighted by atomic mass is 32.2. The fourth-order valence-corrected chi connectivity index (χ4v) is 3.46. The highest BCUT2D eigenvalue weighted by Crippen LogP contribution is 2.14. The maximum absolute atomic E-state index is 12.5. The summed E-state index contributed by atoms with van der Waals surface area (Å²) < 4.78 is 0. The molecule has 1 fully saturated rings. The van der Waals surface area contributed by atoms with Crippen LogP contribution in [-0.4, -0.2) is 36.9 Å². The smallest absolute Gasteiger partial charge is 0.181 e. The van der Waals surface area contributed by atoms with Gasteiger partial charge in [0.05, 0.1) is 19.6 Å². The van der Waals surface area contributed by atoms with Crippen molar-refractivity contribution in [3.05, 3.63) is 35.4 Å². The molecule has 2 rings (SSSR count). The lowest BCUT2D eigenvalue weighted by Gasteiger charge is -2.26. The first-order valence-corrected chi connectivity index (χ1v) is 8.46. The van der Waals surface area contributed by atoms with Gasteiger partial charge in [0, 0.05) is 5.56 Å². The lowest BCUT2D eigenvalue weighted by Crippen LogP contribution is -3.13. The van der Waals surface area contributed by atoms with Gasteiger partial charge in [0.25, 0.3) is 0 Å². The van der Waals surface area contributed by atoms with E-state index in [9.17, 15) is 4.79 Å². The Morgan fingerprint density at radius 3 is 2.42 bits per heavy atom. The average Bonchev–Trinajstić information content (AvgIpc) is 2.46. The second-order valence-electron chi connectivity index (χ2n) is 5.47. The molecule has 0 saturated carbocycles. The largest absolute Gasteiger partial charge is 0.334 e. The van der Waals surface area contributed by atoms with Crippen LogP contribution in [0.2, 0.25) is 0 Å². The number of hydrogen-bond donors (Lipinski definition) is 1. The summed E-state index contributed by atoms with van der Waals surface area (Å²) in [6.45, 7) is 5.50. The number of rotatable bonds is 5. The van der Waals surface area contributed by atoms with Gasteiger partial charge in [-0.05, 0) is 32.4 Å². The predicted molar refractivity (Wildman–Crippen MR) is 82.2 cm³/mol. The zero-order valence-corrected chi connectivity index (χ0v) is 12.8. The summed E-state index contributed by atoms with van der Waals surface area (Å²) in [4.78, 5) is 14.1. The summed E-state index contributed by atoms with van der Waals surface area (Å²) in [6.07, 6.45) is 6.05. The van der Waals surface area contributed by atoms with Crippen molar-refractivity contribution in [3.8, 4) is 0 Å². The highest BCUT2D eigenvalue weighted by molar-refractivity contribution is 8.00. The summed E-state index contributed by atoms with van der Waals surface area (Å²) in [5.41, 5.74) is 2.07. The van der Waals surface area contributed by atoms with Crippen LogP contribution in [0.1, 0.15) is 35.2 Å². The van der Waals surface area contributed by atoms with Gasteiger partial charge >= 0.3 is 0 Å². The van der Waals surface area contributed by atoms with Crippen molar-refractivity contribution >= 4 is 17.5 Å². The van der Waals surface area contributed by atoms with Crippen molar-refractivity contribution in [2.75, 3.05) is 25.9 Å². The molecule has 1 aliphatic rings. The SMILES string of the molecule is CSC(C[NH+]1CCCCC1)C(=O)c1ccc(C)cc1. The molecule has 104 valence electrons. The number of carbonyl (C=O) groups excluding carboxylic acids is 1. The maximum atomic E-state index is 12.5. The molecule has 0 aliphatic carbocycles. The van der Waals surface area contributed by atoms with Crippen LogP contribution in [0.15, 0.2) is 24.3 Å². The molecule has 0 amide bonds. The number of aryl methyl sites for hydroxylation is 1. The van der Waals surface area contributed by atoms with Crippen molar-refractivity contribution in [3.63, 3.8) is 0 Å². The molecule has 1 aromatic rings. The van der Waals surface area contributed by atoms with E-state index in [1.807, 2.05) is 24.3 Å². The monoisotopic (exact) mass is 278 g/mol. The maximum Gasteiger partial charge on any atom is 0.181 e. The molecule has 3 heteroatoms. The molecule has 1 aromatic carbocycles. The Morgan fingerprint density at radius 2 is 1.84 bits per heavy atom. The quantitative estimate of drug-likeness (QED) is 0.832. The van der Waals surface area contributed by atoms with E-state index in [1.165, 1.54) is 37.9 Å². The Labute approximate surface area is 120 Å². The highest BCUT2D eigenvalue weighted by Gasteiger charge is 2.25. The zero-order chi connectivity index (χ0) is 13.7. The summed E-state index contributed by atoms with van der Waals surface area (Å²) in [5, 5.41) is 0.107. The third kappa shape index (κ3) is 4.08. The molecule has 0 radical (unpaired) electrons. The van der Waals surface area contributed by atoms with Crippen LogP contribution in [0.4, 0.5) is 0 Å². The van der Waals surface area contributed by atoms with Gasteiger partial charge in [-0.15, -0.1) is 11.8 Å². The Kier molecular flexibility index (Phi) is 5.46. The standard InChI is InChI=1S/C16H23NOS/c1-13-6-8-14(9-7-13)16(18)15(19-2)12-17-10-4-3-5-11-17/h6-9,15H,3-5,10-12H2,1-2H3/p+1. The van der Waals surface area contributed by atoms with E-state index < -0.39 is 0 Å². The van der Waals surface area contributed by atoms with Gasteiger partial charge in [-0.1, -0.05) is 29.8 Å². The van der Waals surface area contributed by atoms with Gasteiger partial charge in [0.2, 0.25) is 0 Å². The molecule has 1 aliphatic heterocycles. The molecule has 19 heavy (non-hydrogen) atoms. The molecular formula is C16H24NOS+. The molecule has 2 nitrogen and oxygen atoms in total. The molecular weight excluding hydrogens is 254 g/mol. The van der Waals surface area contributed by atoms with Gasteiger partial charge in [-0.2, -0.15) is 0 Å². The van der Waals surface area contributed by atoms with E-state index in [0.717, 1.165) is 12.1 Å². The number of quaternary nitrogens is 1. The second kappa shape index (κ2) is 7.11. The predicted octanol–water partition coefficient (Wildman–Crippen LogP) is 1.98. The lowest BCUT2D eigenvalue weighted by molar-refractivity contribution is -0.903. The fourth-order valence-electron chi connectivity index (χ4n) is 2.70. The average molecular weight is 278 g/mol. The van der Waals surface area contributed by atoms with Crippen LogP contribution >= 0.6 is 11.8 Å². The summed E-state index contributed by atoms with van der Waals surface area (Å²) in [6, 6.07) is 7.98. The minimum absolute atomic E-state index is 0.107. The second-order valence-corrected chi connectivity index (χ2v) is 6.51. The minimum Gasteiger partial charge on any atom is -0.334 e. The Bertz CT molecular complexity index is 409. The third-order valence-electron chi connectivity index (χ3n) is 3.95. The number of piperidine rings is 1. The van der Waals surface area contributed by atoms with Crippen molar-refractivity contribution in [1.29, 1.82) is 0 Å². The van der Waals surface area contributed by atoms with Crippen molar-refractivity contribution in [1.82, 2.24) is 0 Å². The van der Waals surface area contributed by atoms with E-state index in [0.29, 0.717) is 5.78 Å². The molecule has 0 spiro atoms. The fraction of sp³-hybridized carbons (Fsp3) is 0.562. The molecule has 1 unspecified atom stereocenters. The van der Waals surface area contributed by atoms with Gasteiger partial charge in [0.15, 0.2) is 5.78 Å². The van der Waals surface area contributed by atoms with E-state index in [4.69, 9.17) is 0 Å². The van der Waals surface area contributed by atoms with Gasteiger partial charge < -0.3 is 4.90 Å².